The molecule has 2 N–H and O–H groups in total. The number of aliphatic carboxylic acids is 1. The van der Waals surface area contributed by atoms with Gasteiger partial charge in [-0.25, -0.2) is 14.8 Å². The van der Waals surface area contributed by atoms with E-state index in [0.29, 0.717) is 44.3 Å². The number of rotatable bonds is 15. The zero-order valence-corrected chi connectivity index (χ0v) is 33.2. The topological polar surface area (TPSA) is 135 Å². The first-order chi connectivity index (χ1) is 27.8. The van der Waals surface area contributed by atoms with Gasteiger partial charge < -0.3 is 29.3 Å². The van der Waals surface area contributed by atoms with E-state index in [0.717, 1.165) is 53.4 Å². The number of hydrogen-bond donors (Lipinski definition) is 2. The van der Waals surface area contributed by atoms with Gasteiger partial charge in [-0.2, -0.15) is 18.3 Å². The van der Waals surface area contributed by atoms with Crippen molar-refractivity contribution >= 4 is 39.1 Å². The second-order valence-corrected chi connectivity index (χ2v) is 15.3. The first kappa shape index (κ1) is 40.8. The third kappa shape index (κ3) is 9.47. The van der Waals surface area contributed by atoms with E-state index >= 15 is 0 Å². The summed E-state index contributed by atoms with van der Waals surface area (Å²) in [4.78, 5) is 27.8. The lowest BCUT2D eigenvalue weighted by Gasteiger charge is -2.32. The van der Waals surface area contributed by atoms with Gasteiger partial charge in [0.05, 0.1) is 16.1 Å². The van der Waals surface area contributed by atoms with Crippen molar-refractivity contribution in [2.24, 2.45) is 0 Å². The van der Waals surface area contributed by atoms with Crippen LogP contribution in [0.1, 0.15) is 16.8 Å². The zero-order valence-electron chi connectivity index (χ0n) is 31.6. The predicted octanol–water partition coefficient (Wildman–Crippen LogP) is 7.73. The first-order valence-corrected chi connectivity index (χ1v) is 19.6. The van der Waals surface area contributed by atoms with Crippen LogP contribution in [0.5, 0.6) is 23.1 Å². The highest BCUT2D eigenvalue weighted by atomic mass is 35.5. The highest BCUT2D eigenvalue weighted by molar-refractivity contribution is 7.22. The highest BCUT2D eigenvalue weighted by Gasteiger charge is 2.30. The Morgan fingerprint density at radius 1 is 0.983 bits per heavy atom. The summed E-state index contributed by atoms with van der Waals surface area (Å²) in [6.07, 6.45) is -3.56. The van der Waals surface area contributed by atoms with Crippen molar-refractivity contribution in [3.8, 4) is 44.7 Å². The minimum atomic E-state index is -4.47. The Morgan fingerprint density at radius 2 is 1.74 bits per heavy atom. The molecular formula is C41H40ClF3N6O6S. The predicted molar refractivity (Wildman–Crippen MR) is 214 cm³/mol. The molecule has 6 aromatic rings. The number of benzene rings is 3. The van der Waals surface area contributed by atoms with Crippen molar-refractivity contribution in [2.75, 3.05) is 46.4 Å². The summed E-state index contributed by atoms with van der Waals surface area (Å²) in [7, 11) is 2.11. The van der Waals surface area contributed by atoms with Gasteiger partial charge in [0.25, 0.3) is 0 Å². The molecule has 3 aromatic carbocycles. The number of para-hydroxylation sites is 1. The number of piperazine rings is 1. The molecule has 1 atom stereocenters. The van der Waals surface area contributed by atoms with Gasteiger partial charge in [-0.3, -0.25) is 9.58 Å². The third-order valence-corrected chi connectivity index (χ3v) is 11.5. The molecule has 17 heteroatoms. The number of thiophene rings is 1. The number of aromatic hydroxyl groups is 1. The summed E-state index contributed by atoms with van der Waals surface area (Å²) in [5.74, 6) is -0.365. The summed E-state index contributed by atoms with van der Waals surface area (Å²) in [6, 6.07) is 18.5. The number of fused-ring (bicyclic) bond motifs is 1. The summed E-state index contributed by atoms with van der Waals surface area (Å²) < 4.78 is 58.5. The van der Waals surface area contributed by atoms with Crippen molar-refractivity contribution < 1.29 is 42.4 Å². The molecule has 0 spiro atoms. The van der Waals surface area contributed by atoms with Crippen LogP contribution in [0.25, 0.3) is 31.8 Å². The third-order valence-electron chi connectivity index (χ3n) is 9.88. The molecule has 0 amide bonds. The Morgan fingerprint density at radius 3 is 2.48 bits per heavy atom. The number of ether oxygens (including phenoxy) is 3. The van der Waals surface area contributed by atoms with E-state index in [2.05, 4.69) is 31.9 Å². The van der Waals surface area contributed by atoms with Crippen molar-refractivity contribution in [1.82, 2.24) is 29.5 Å². The van der Waals surface area contributed by atoms with E-state index in [9.17, 15) is 28.2 Å². The molecule has 304 valence electrons. The number of phenols is 1. The summed E-state index contributed by atoms with van der Waals surface area (Å²) in [5.41, 5.74) is 3.50. The molecular weight excluding hydrogens is 797 g/mol. The molecule has 58 heavy (non-hydrogen) atoms. The number of carboxylic acid groups (broad SMARTS) is 1. The van der Waals surface area contributed by atoms with Crippen molar-refractivity contribution in [1.29, 1.82) is 0 Å². The fourth-order valence-corrected chi connectivity index (χ4v) is 8.11. The number of aromatic nitrogens is 4. The molecule has 1 aliphatic heterocycles. The number of carboxylic acids is 1. The molecule has 1 fully saturated rings. The zero-order chi connectivity index (χ0) is 41.0. The van der Waals surface area contributed by atoms with Crippen LogP contribution in [0, 0.1) is 6.92 Å². The smallest absolute Gasteiger partial charge is 0.408 e. The lowest BCUT2D eigenvalue weighted by Crippen LogP contribution is -2.45. The summed E-state index contributed by atoms with van der Waals surface area (Å²) >= 11 is 8.36. The van der Waals surface area contributed by atoms with Gasteiger partial charge in [0.1, 0.15) is 48.2 Å². The number of hydrogen-bond acceptors (Lipinski definition) is 11. The van der Waals surface area contributed by atoms with Crippen LogP contribution in [0.4, 0.5) is 13.2 Å². The average molecular weight is 837 g/mol. The molecule has 1 saturated heterocycles. The first-order valence-electron chi connectivity index (χ1n) is 18.4. The number of alkyl halides is 3. The van der Waals surface area contributed by atoms with Gasteiger partial charge in [0, 0.05) is 55.8 Å². The van der Waals surface area contributed by atoms with Crippen LogP contribution < -0.4 is 14.2 Å². The van der Waals surface area contributed by atoms with Crippen molar-refractivity contribution in [2.45, 2.75) is 38.8 Å². The van der Waals surface area contributed by atoms with E-state index in [1.54, 1.807) is 48.5 Å². The van der Waals surface area contributed by atoms with Gasteiger partial charge in [0.2, 0.25) is 12.0 Å². The number of nitrogens with zero attached hydrogens (tertiary/aromatic N) is 6. The van der Waals surface area contributed by atoms with Crippen LogP contribution in [0.3, 0.4) is 0 Å². The maximum Gasteiger partial charge on any atom is 0.408 e. The molecule has 1 aliphatic rings. The largest absolute Gasteiger partial charge is 0.508 e. The fraction of sp³-hybridized carbons (Fsp3) is 0.317. The Kier molecular flexibility index (Phi) is 12.4. The number of carbonyl (C=O) groups is 1. The number of halogens is 4. The van der Waals surface area contributed by atoms with Crippen LogP contribution in [0.2, 0.25) is 5.02 Å². The molecule has 0 unspecified atom stereocenters. The van der Waals surface area contributed by atoms with E-state index in [4.69, 9.17) is 25.8 Å². The van der Waals surface area contributed by atoms with Crippen LogP contribution in [0.15, 0.2) is 79.3 Å². The van der Waals surface area contributed by atoms with Crippen molar-refractivity contribution in [3.63, 3.8) is 0 Å². The maximum atomic E-state index is 13.1. The second-order valence-electron chi connectivity index (χ2n) is 13.9. The monoisotopic (exact) mass is 836 g/mol. The molecule has 0 radical (unpaired) electrons. The van der Waals surface area contributed by atoms with Crippen molar-refractivity contribution in [3.05, 3.63) is 101 Å². The molecule has 7 rings (SSSR count). The van der Waals surface area contributed by atoms with Gasteiger partial charge in [-0.15, -0.1) is 11.3 Å². The molecule has 0 saturated carbocycles. The molecule has 4 heterocycles. The van der Waals surface area contributed by atoms with Gasteiger partial charge >= 0.3 is 12.1 Å². The Labute approximate surface area is 341 Å². The van der Waals surface area contributed by atoms with Crippen LogP contribution >= 0.6 is 22.9 Å². The lowest BCUT2D eigenvalue weighted by atomic mass is 9.96. The van der Waals surface area contributed by atoms with E-state index < -0.39 is 24.8 Å². The molecule has 12 nitrogen and oxygen atoms in total. The average Bonchev–Trinajstić information content (AvgIpc) is 3.80. The van der Waals surface area contributed by atoms with E-state index in [1.165, 1.54) is 29.9 Å². The molecule has 0 bridgehead atoms. The SMILES string of the molecule is Cc1c(-c2c(-c3ccc(O)cc3)sc3ncnc(O[C@H](Cc4ccccc4OCc4ccnn4CC(F)(F)F)C(=O)O)c23)ccc(OCCN2CCN(C)CC2)c1Cl. The quantitative estimate of drug-likeness (QED) is 0.105. The fourth-order valence-electron chi connectivity index (χ4n) is 6.74. The van der Waals surface area contributed by atoms with Gasteiger partial charge in [-0.05, 0) is 78.7 Å². The van der Waals surface area contributed by atoms with E-state index in [1.807, 2.05) is 19.1 Å². The minimum Gasteiger partial charge on any atom is -0.508 e. The minimum absolute atomic E-state index is 0.0196. The highest BCUT2D eigenvalue weighted by Crippen LogP contribution is 2.49. The number of phenolic OH excluding ortho intramolecular Hbond substituents is 1. The summed E-state index contributed by atoms with van der Waals surface area (Å²) in [5, 5.41) is 25.2. The van der Waals surface area contributed by atoms with Crippen LogP contribution in [-0.2, 0) is 24.4 Å². The Balaban J connectivity index is 1.20. The normalized spacial score (nSPS) is 14.4. The standard InChI is InChI=1S/C41H40ClF3N6O6S/c1-25-30(11-12-32(36(25)42)55-20-19-50-17-15-49(2)16-18-50)34-35-38(46-24-47-39(35)58-37(34)26-7-9-29(52)10-8-26)57-33(40(53)54)21-27-5-3-4-6-31(27)56-22-28-13-14-48-51(28)23-41(43,44)45/h3-14,24,33,52H,15-23H2,1-2H3,(H,53,54)/t33-/m1/s1. The van der Waals surface area contributed by atoms with Gasteiger partial charge in [-0.1, -0.05) is 35.9 Å². The van der Waals surface area contributed by atoms with Crippen LogP contribution in [-0.4, -0.2) is 104 Å². The van der Waals surface area contributed by atoms with E-state index in [-0.39, 0.29) is 36.1 Å². The maximum absolute atomic E-state index is 13.1. The molecule has 3 aromatic heterocycles. The lowest BCUT2D eigenvalue weighted by molar-refractivity contribution is -0.145. The summed E-state index contributed by atoms with van der Waals surface area (Å²) in [6.45, 7) is 5.53. The second kappa shape index (κ2) is 17.6. The Hall–Kier alpha value is -5.42. The molecule has 0 aliphatic carbocycles. The van der Waals surface area contributed by atoms with Gasteiger partial charge in [0.15, 0.2) is 0 Å². The Bertz CT molecular complexity index is 2380. The number of likely N-dealkylation sites (N-methyl/N-ethyl adjacent to an activating group) is 1.